The van der Waals surface area contributed by atoms with Gasteiger partial charge in [0.15, 0.2) is 0 Å². The summed E-state index contributed by atoms with van der Waals surface area (Å²) in [6.45, 7) is 3.97. The lowest BCUT2D eigenvalue weighted by atomic mass is 10.1. The largest absolute Gasteiger partial charge is 0.399 e. The van der Waals surface area contributed by atoms with Crippen LogP contribution < -0.4 is 16.8 Å². The molecule has 5 N–H and O–H groups in total. The molecular formula is C17H27N5. The Morgan fingerprint density at radius 1 is 1.23 bits per heavy atom. The normalized spacial score (nSPS) is 18.9. The molecule has 120 valence electrons. The molecule has 1 aromatic rings. The number of nitrogens with two attached hydrogens (primary N) is 2. The van der Waals surface area contributed by atoms with E-state index in [2.05, 4.69) is 34.4 Å². The second kappa shape index (κ2) is 7.84. The molecule has 0 radical (unpaired) electrons. The van der Waals surface area contributed by atoms with Crippen LogP contribution in [0.3, 0.4) is 0 Å². The van der Waals surface area contributed by atoms with Crippen molar-refractivity contribution in [2.24, 2.45) is 16.5 Å². The molecule has 0 aromatic heterocycles. The Hall–Kier alpha value is -2.01. The molecule has 0 aliphatic carbocycles. The standard InChI is InChI=1S/C17H27N5/c1-13(18)20-17(21-15-8-10-22(2)11-9-15)16(19)12-14-6-4-3-5-7-14/h3-7,15,21H,8-12,19H2,1-2H3,(H2,18,20)/b17-16+. The summed E-state index contributed by atoms with van der Waals surface area (Å²) in [6, 6.07) is 10.6. The number of hydrogen-bond donors (Lipinski definition) is 3. The number of hydrogen-bond acceptors (Lipinski definition) is 4. The van der Waals surface area contributed by atoms with Crippen molar-refractivity contribution in [3.63, 3.8) is 0 Å². The summed E-state index contributed by atoms with van der Waals surface area (Å²) in [5, 5.41) is 3.49. The molecule has 1 fully saturated rings. The molecule has 0 atom stereocenters. The van der Waals surface area contributed by atoms with Crippen LogP contribution >= 0.6 is 0 Å². The van der Waals surface area contributed by atoms with Gasteiger partial charge in [-0.15, -0.1) is 0 Å². The molecule has 0 bridgehead atoms. The summed E-state index contributed by atoms with van der Waals surface area (Å²) in [4.78, 5) is 6.75. The second-order valence-electron chi connectivity index (χ2n) is 6.01. The first-order valence-corrected chi connectivity index (χ1v) is 7.83. The molecule has 1 aliphatic rings. The number of likely N-dealkylation sites (tertiary alicyclic amines) is 1. The zero-order valence-electron chi connectivity index (χ0n) is 13.5. The van der Waals surface area contributed by atoms with Crippen LogP contribution in [-0.4, -0.2) is 36.9 Å². The molecule has 0 unspecified atom stereocenters. The smallest absolute Gasteiger partial charge is 0.147 e. The van der Waals surface area contributed by atoms with E-state index in [1.165, 1.54) is 5.56 Å². The van der Waals surface area contributed by atoms with Crippen LogP contribution in [0.5, 0.6) is 0 Å². The molecule has 5 nitrogen and oxygen atoms in total. The Labute approximate surface area is 133 Å². The molecule has 2 rings (SSSR count). The van der Waals surface area contributed by atoms with E-state index in [1.807, 2.05) is 18.2 Å². The number of rotatable bonds is 5. The average molecular weight is 301 g/mol. The zero-order valence-corrected chi connectivity index (χ0v) is 13.5. The van der Waals surface area contributed by atoms with E-state index in [1.54, 1.807) is 6.92 Å². The van der Waals surface area contributed by atoms with E-state index in [9.17, 15) is 0 Å². The summed E-state index contributed by atoms with van der Waals surface area (Å²) in [6.07, 6.45) is 2.86. The number of benzene rings is 1. The average Bonchev–Trinajstić information content (AvgIpc) is 2.49. The molecular weight excluding hydrogens is 274 g/mol. The van der Waals surface area contributed by atoms with Crippen LogP contribution in [0.4, 0.5) is 0 Å². The van der Waals surface area contributed by atoms with Crippen LogP contribution in [0, 0.1) is 0 Å². The second-order valence-corrected chi connectivity index (χ2v) is 6.01. The number of nitrogens with one attached hydrogen (secondary N) is 1. The topological polar surface area (TPSA) is 79.7 Å². The molecule has 22 heavy (non-hydrogen) atoms. The van der Waals surface area contributed by atoms with Gasteiger partial charge in [-0.25, -0.2) is 4.99 Å². The quantitative estimate of drug-likeness (QED) is 0.567. The van der Waals surface area contributed by atoms with Crippen molar-refractivity contribution in [2.75, 3.05) is 20.1 Å². The molecule has 0 amide bonds. The number of aliphatic imine (C=N–C) groups is 1. The van der Waals surface area contributed by atoms with E-state index in [-0.39, 0.29) is 0 Å². The number of allylic oxidation sites excluding steroid dienone is 1. The summed E-state index contributed by atoms with van der Waals surface area (Å²) in [5.74, 6) is 1.24. The molecule has 1 heterocycles. The fourth-order valence-electron chi connectivity index (χ4n) is 2.62. The third-order valence-corrected chi connectivity index (χ3v) is 3.89. The summed E-state index contributed by atoms with van der Waals surface area (Å²) >= 11 is 0. The summed E-state index contributed by atoms with van der Waals surface area (Å²) < 4.78 is 0. The third kappa shape index (κ3) is 5.07. The van der Waals surface area contributed by atoms with Gasteiger partial charge in [-0.1, -0.05) is 30.3 Å². The fourth-order valence-corrected chi connectivity index (χ4v) is 2.62. The highest BCUT2D eigenvalue weighted by atomic mass is 15.1. The molecule has 1 aromatic carbocycles. The van der Waals surface area contributed by atoms with Gasteiger partial charge < -0.3 is 21.7 Å². The number of piperidine rings is 1. The molecule has 5 heteroatoms. The minimum Gasteiger partial charge on any atom is -0.399 e. The van der Waals surface area contributed by atoms with E-state index in [0.29, 0.717) is 18.3 Å². The monoisotopic (exact) mass is 301 g/mol. The Morgan fingerprint density at radius 2 is 1.86 bits per heavy atom. The van der Waals surface area contributed by atoms with Crippen LogP contribution in [0.1, 0.15) is 25.3 Å². The highest BCUT2D eigenvalue weighted by Gasteiger charge is 2.18. The van der Waals surface area contributed by atoms with Gasteiger partial charge >= 0.3 is 0 Å². The zero-order chi connectivity index (χ0) is 15.9. The highest BCUT2D eigenvalue weighted by Crippen LogP contribution is 2.13. The van der Waals surface area contributed by atoms with Crippen LogP contribution in [0.25, 0.3) is 0 Å². The minimum atomic E-state index is 0.406. The van der Waals surface area contributed by atoms with Crippen LogP contribution in [0.2, 0.25) is 0 Å². The Bertz CT molecular complexity index is 523. The first kappa shape index (κ1) is 16.4. The highest BCUT2D eigenvalue weighted by molar-refractivity contribution is 5.78. The van der Waals surface area contributed by atoms with Gasteiger partial charge in [-0.3, -0.25) is 0 Å². The lowest BCUT2D eigenvalue weighted by molar-refractivity contribution is 0.241. The lowest BCUT2D eigenvalue weighted by Crippen LogP contribution is -2.41. The first-order chi connectivity index (χ1) is 10.5. The SMILES string of the molecule is C/C(N)=N/C(NC1CCN(C)CC1)=C(\N)Cc1ccccc1. The van der Waals surface area contributed by atoms with E-state index in [0.717, 1.165) is 37.4 Å². The predicted octanol–water partition coefficient (Wildman–Crippen LogP) is 1.42. The van der Waals surface area contributed by atoms with Gasteiger partial charge in [0.05, 0.1) is 11.5 Å². The Kier molecular flexibility index (Phi) is 5.83. The molecule has 0 saturated carbocycles. The van der Waals surface area contributed by atoms with Crippen molar-refractivity contribution in [3.8, 4) is 0 Å². The van der Waals surface area contributed by atoms with E-state index < -0.39 is 0 Å². The maximum absolute atomic E-state index is 6.29. The lowest BCUT2D eigenvalue weighted by Gasteiger charge is -2.30. The Balaban J connectivity index is 2.10. The van der Waals surface area contributed by atoms with Crippen molar-refractivity contribution < 1.29 is 0 Å². The summed E-state index contributed by atoms with van der Waals surface area (Å²) in [5.41, 5.74) is 14.0. The maximum Gasteiger partial charge on any atom is 0.147 e. The van der Waals surface area contributed by atoms with Crippen molar-refractivity contribution in [2.45, 2.75) is 32.2 Å². The summed E-state index contributed by atoms with van der Waals surface area (Å²) in [7, 11) is 2.15. The van der Waals surface area contributed by atoms with Crippen LogP contribution in [0.15, 0.2) is 46.8 Å². The van der Waals surface area contributed by atoms with Gasteiger partial charge in [0.2, 0.25) is 0 Å². The Morgan fingerprint density at radius 3 is 2.45 bits per heavy atom. The van der Waals surface area contributed by atoms with Crippen molar-refractivity contribution in [3.05, 3.63) is 47.4 Å². The molecule has 1 saturated heterocycles. The molecule has 0 spiro atoms. The number of amidine groups is 1. The van der Waals surface area contributed by atoms with Gasteiger partial charge in [-0.05, 0) is 45.5 Å². The van der Waals surface area contributed by atoms with Crippen molar-refractivity contribution >= 4 is 5.84 Å². The van der Waals surface area contributed by atoms with Gasteiger partial charge in [0, 0.05) is 12.5 Å². The van der Waals surface area contributed by atoms with E-state index >= 15 is 0 Å². The van der Waals surface area contributed by atoms with E-state index in [4.69, 9.17) is 11.5 Å². The van der Waals surface area contributed by atoms with Gasteiger partial charge in [-0.2, -0.15) is 0 Å². The van der Waals surface area contributed by atoms with Crippen LogP contribution in [-0.2, 0) is 6.42 Å². The fraction of sp³-hybridized carbons (Fsp3) is 0.471. The minimum absolute atomic E-state index is 0.406. The van der Waals surface area contributed by atoms with Crippen molar-refractivity contribution in [1.29, 1.82) is 0 Å². The molecule has 1 aliphatic heterocycles. The van der Waals surface area contributed by atoms with Crippen molar-refractivity contribution in [1.82, 2.24) is 10.2 Å². The number of nitrogens with zero attached hydrogens (tertiary/aromatic N) is 2. The van der Waals surface area contributed by atoms with Gasteiger partial charge in [0.1, 0.15) is 5.82 Å². The third-order valence-electron chi connectivity index (χ3n) is 3.89. The van der Waals surface area contributed by atoms with Gasteiger partial charge in [0.25, 0.3) is 0 Å². The predicted molar refractivity (Wildman–Crippen MR) is 92.3 cm³/mol. The first-order valence-electron chi connectivity index (χ1n) is 7.83. The maximum atomic E-state index is 6.29.